The molecule has 0 aromatic carbocycles. The van der Waals surface area contributed by atoms with Gasteiger partial charge in [0.15, 0.2) is 5.65 Å². The van der Waals surface area contributed by atoms with Crippen LogP contribution in [0.1, 0.15) is 11.5 Å². The van der Waals surface area contributed by atoms with Gasteiger partial charge in [0, 0.05) is 14.1 Å². The van der Waals surface area contributed by atoms with Crippen molar-refractivity contribution >= 4 is 11.2 Å². The van der Waals surface area contributed by atoms with Gasteiger partial charge in [-0.2, -0.15) is 5.10 Å². The molecule has 0 aliphatic carbocycles. The van der Waals surface area contributed by atoms with Crippen molar-refractivity contribution in [3.63, 3.8) is 0 Å². The van der Waals surface area contributed by atoms with E-state index in [1.807, 2.05) is 32.6 Å². The van der Waals surface area contributed by atoms with Crippen LogP contribution in [0.5, 0.6) is 0 Å². The second-order valence-electron chi connectivity index (χ2n) is 3.10. The third-order valence-corrected chi connectivity index (χ3v) is 2.25. The lowest BCUT2D eigenvalue weighted by Crippen LogP contribution is -1.94. The molecule has 0 atom stereocenters. The summed E-state index contributed by atoms with van der Waals surface area (Å²) >= 11 is 0. The predicted octanol–water partition coefficient (Wildman–Crippen LogP) is 0.924. The van der Waals surface area contributed by atoms with Gasteiger partial charge < -0.3 is 4.57 Å². The molecule has 2 aromatic rings. The molecule has 0 N–H and O–H groups in total. The minimum atomic E-state index is 0.965. The zero-order valence-electron chi connectivity index (χ0n) is 7.79. The van der Waals surface area contributed by atoms with Crippen molar-refractivity contribution in [2.75, 3.05) is 0 Å². The molecule has 0 aliphatic heterocycles. The molecule has 2 rings (SSSR count). The summed E-state index contributed by atoms with van der Waals surface area (Å²) in [6.07, 6.45) is 0. The highest BCUT2D eigenvalue weighted by molar-refractivity contribution is 5.75. The highest BCUT2D eigenvalue weighted by atomic mass is 15.3. The number of fused-ring (bicyclic) bond motifs is 1. The molecule has 0 saturated carbocycles. The Morgan fingerprint density at radius 2 is 1.83 bits per heavy atom. The second kappa shape index (κ2) is 2.09. The monoisotopic (exact) mass is 164 g/mol. The van der Waals surface area contributed by atoms with E-state index in [0.717, 1.165) is 22.7 Å². The van der Waals surface area contributed by atoms with E-state index in [4.69, 9.17) is 0 Å². The van der Waals surface area contributed by atoms with E-state index in [1.54, 1.807) is 0 Å². The summed E-state index contributed by atoms with van der Waals surface area (Å²) in [6, 6.07) is 0. The van der Waals surface area contributed by atoms with Gasteiger partial charge in [-0.15, -0.1) is 0 Å². The Kier molecular flexibility index (Phi) is 1.28. The number of hydrogen-bond donors (Lipinski definition) is 0. The number of nitrogens with zero attached hydrogens (tertiary/aromatic N) is 4. The molecule has 0 radical (unpaired) electrons. The summed E-state index contributed by atoms with van der Waals surface area (Å²) in [5.41, 5.74) is 3.14. The normalized spacial score (nSPS) is 11.3. The van der Waals surface area contributed by atoms with Gasteiger partial charge in [0.25, 0.3) is 0 Å². The maximum Gasteiger partial charge on any atom is 0.176 e. The molecule has 2 aromatic heterocycles. The Balaban J connectivity index is 2.98. The highest BCUT2D eigenvalue weighted by Crippen LogP contribution is 2.16. The molecule has 2 heterocycles. The van der Waals surface area contributed by atoms with Crippen LogP contribution in [-0.2, 0) is 14.1 Å². The molecule has 0 bridgehead atoms. The van der Waals surface area contributed by atoms with Gasteiger partial charge in [-0.3, -0.25) is 0 Å². The number of imidazole rings is 1. The van der Waals surface area contributed by atoms with Gasteiger partial charge in [0.05, 0.1) is 5.69 Å². The fraction of sp³-hybridized carbons (Fsp3) is 0.500. The van der Waals surface area contributed by atoms with E-state index >= 15 is 0 Å². The van der Waals surface area contributed by atoms with E-state index < -0.39 is 0 Å². The summed E-state index contributed by atoms with van der Waals surface area (Å²) in [7, 11) is 3.93. The molecule has 12 heavy (non-hydrogen) atoms. The van der Waals surface area contributed by atoms with Gasteiger partial charge in [-0.05, 0) is 13.8 Å². The third kappa shape index (κ3) is 0.719. The van der Waals surface area contributed by atoms with Gasteiger partial charge in [-0.25, -0.2) is 9.67 Å². The lowest BCUT2D eigenvalue weighted by atomic mass is 10.4. The Morgan fingerprint density at radius 3 is 2.42 bits per heavy atom. The molecule has 0 saturated heterocycles. The van der Waals surface area contributed by atoms with Crippen molar-refractivity contribution in [3.05, 3.63) is 11.5 Å². The molecule has 64 valence electrons. The zero-order chi connectivity index (χ0) is 8.88. The minimum Gasteiger partial charge on any atom is -0.328 e. The molecule has 0 spiro atoms. The maximum absolute atomic E-state index is 4.40. The standard InChI is InChI=1S/C8H12N4/c1-5-7-8(12(4)10-5)9-6(2)11(7)3/h1-4H3. The van der Waals surface area contributed by atoms with Gasteiger partial charge in [0.2, 0.25) is 0 Å². The highest BCUT2D eigenvalue weighted by Gasteiger charge is 2.11. The van der Waals surface area contributed by atoms with Crippen LogP contribution in [0.4, 0.5) is 0 Å². The average molecular weight is 164 g/mol. The van der Waals surface area contributed by atoms with E-state index in [-0.39, 0.29) is 0 Å². The molecule has 0 fully saturated rings. The summed E-state index contributed by atoms with van der Waals surface area (Å²) in [5, 5.41) is 4.29. The van der Waals surface area contributed by atoms with Gasteiger partial charge in [-0.1, -0.05) is 0 Å². The second-order valence-corrected chi connectivity index (χ2v) is 3.10. The van der Waals surface area contributed by atoms with Crippen molar-refractivity contribution in [2.45, 2.75) is 13.8 Å². The Morgan fingerprint density at radius 1 is 1.17 bits per heavy atom. The summed E-state index contributed by atoms with van der Waals surface area (Å²) in [4.78, 5) is 4.40. The lowest BCUT2D eigenvalue weighted by molar-refractivity contribution is 0.765. The van der Waals surface area contributed by atoms with Crippen LogP contribution in [-0.4, -0.2) is 19.3 Å². The Hall–Kier alpha value is -1.32. The zero-order valence-corrected chi connectivity index (χ0v) is 7.79. The molecule has 4 nitrogen and oxygen atoms in total. The van der Waals surface area contributed by atoms with Crippen molar-refractivity contribution in [1.29, 1.82) is 0 Å². The van der Waals surface area contributed by atoms with E-state index in [0.29, 0.717) is 0 Å². The van der Waals surface area contributed by atoms with Crippen LogP contribution in [0.15, 0.2) is 0 Å². The SMILES string of the molecule is Cc1nn(C)c2nc(C)n(C)c12. The molecular formula is C8H12N4. The molecule has 4 heteroatoms. The first-order valence-corrected chi connectivity index (χ1v) is 3.94. The van der Waals surface area contributed by atoms with Crippen molar-refractivity contribution in [2.24, 2.45) is 14.1 Å². The summed E-state index contributed by atoms with van der Waals surface area (Å²) in [5.74, 6) is 1.03. The topological polar surface area (TPSA) is 35.6 Å². The van der Waals surface area contributed by atoms with Gasteiger partial charge in [0.1, 0.15) is 11.3 Å². The van der Waals surface area contributed by atoms with Crippen LogP contribution >= 0.6 is 0 Å². The van der Waals surface area contributed by atoms with E-state index in [2.05, 4.69) is 14.6 Å². The first kappa shape index (κ1) is 7.34. The first-order chi connectivity index (χ1) is 5.61. The maximum atomic E-state index is 4.40. The van der Waals surface area contributed by atoms with Crippen LogP contribution in [0.25, 0.3) is 11.2 Å². The van der Waals surface area contributed by atoms with Crippen molar-refractivity contribution in [3.8, 4) is 0 Å². The first-order valence-electron chi connectivity index (χ1n) is 3.94. The Bertz CT molecular complexity index is 435. The van der Waals surface area contributed by atoms with E-state index in [1.165, 1.54) is 0 Å². The van der Waals surface area contributed by atoms with Crippen LogP contribution in [0.3, 0.4) is 0 Å². The van der Waals surface area contributed by atoms with Crippen LogP contribution < -0.4 is 0 Å². The largest absolute Gasteiger partial charge is 0.328 e. The minimum absolute atomic E-state index is 0.965. The smallest absolute Gasteiger partial charge is 0.176 e. The average Bonchev–Trinajstić information content (AvgIpc) is 2.41. The fourth-order valence-corrected chi connectivity index (χ4v) is 1.54. The van der Waals surface area contributed by atoms with Crippen LogP contribution in [0, 0.1) is 13.8 Å². The quantitative estimate of drug-likeness (QED) is 0.580. The molecular weight excluding hydrogens is 152 g/mol. The van der Waals surface area contributed by atoms with Crippen molar-refractivity contribution < 1.29 is 0 Å². The Labute approximate surface area is 70.8 Å². The molecule has 0 unspecified atom stereocenters. The number of aryl methyl sites for hydroxylation is 4. The molecule has 0 aliphatic rings. The number of hydrogen-bond acceptors (Lipinski definition) is 2. The van der Waals surface area contributed by atoms with Gasteiger partial charge >= 0.3 is 0 Å². The summed E-state index contributed by atoms with van der Waals surface area (Å²) in [6.45, 7) is 4.00. The third-order valence-electron chi connectivity index (χ3n) is 2.25. The lowest BCUT2D eigenvalue weighted by Gasteiger charge is -1.93. The number of rotatable bonds is 0. The molecule has 0 amide bonds. The van der Waals surface area contributed by atoms with Crippen molar-refractivity contribution in [1.82, 2.24) is 19.3 Å². The predicted molar refractivity (Wildman–Crippen MR) is 47.0 cm³/mol. The summed E-state index contributed by atoms with van der Waals surface area (Å²) < 4.78 is 3.88. The number of aromatic nitrogens is 4. The van der Waals surface area contributed by atoms with E-state index in [9.17, 15) is 0 Å². The van der Waals surface area contributed by atoms with Crippen LogP contribution in [0.2, 0.25) is 0 Å². The fourth-order valence-electron chi connectivity index (χ4n) is 1.54.